The molecule has 0 bridgehead atoms. The SMILES string of the molecule is CC(=O)OCC(=O)NCC(CNC(=O)OC(C)(C)C)(CO[Si](C)(C)C(C)(C)C)C(c1nc(-c2cc(F)ccc2F)cn1Cc1ccccc1)C(C)(C)C. The molecule has 0 radical (unpaired) electrons. The second kappa shape index (κ2) is 16.9. The number of benzene rings is 2. The summed E-state index contributed by atoms with van der Waals surface area (Å²) < 4.78 is 49.5. The van der Waals surface area contributed by atoms with Crippen LogP contribution < -0.4 is 10.6 Å². The first-order valence-corrected chi connectivity index (χ1v) is 20.8. The molecule has 0 aliphatic rings. The smallest absolute Gasteiger partial charge is 0.407 e. The number of aromatic nitrogens is 2. The van der Waals surface area contributed by atoms with Crippen LogP contribution >= 0.6 is 0 Å². The highest BCUT2D eigenvalue weighted by Crippen LogP contribution is 2.49. The number of rotatable bonds is 14. The molecule has 0 spiro atoms. The third-order valence-corrected chi connectivity index (χ3v) is 14.0. The third kappa shape index (κ3) is 12.2. The number of amides is 2. The van der Waals surface area contributed by atoms with Gasteiger partial charge in [-0.15, -0.1) is 0 Å². The quantitative estimate of drug-likeness (QED) is 0.126. The van der Waals surface area contributed by atoms with Crippen LogP contribution in [0.4, 0.5) is 13.6 Å². The predicted octanol–water partition coefficient (Wildman–Crippen LogP) is 8.22. The summed E-state index contributed by atoms with van der Waals surface area (Å²) in [7, 11) is -2.48. The summed E-state index contributed by atoms with van der Waals surface area (Å²) in [5.41, 5.74) is -1.41. The molecule has 292 valence electrons. The van der Waals surface area contributed by atoms with Crippen LogP contribution in [-0.4, -0.2) is 67.7 Å². The molecule has 3 aromatic rings. The average molecular weight is 757 g/mol. The Hall–Kier alpha value is -4.10. The van der Waals surface area contributed by atoms with Gasteiger partial charge in [0, 0.05) is 56.3 Å². The summed E-state index contributed by atoms with van der Waals surface area (Å²) in [6, 6.07) is 12.9. The minimum atomic E-state index is -2.48. The number of ether oxygens (including phenoxy) is 2. The fraction of sp³-hybridized carbons (Fsp3) is 0.550. The lowest BCUT2D eigenvalue weighted by Crippen LogP contribution is -2.57. The van der Waals surface area contributed by atoms with E-state index in [1.807, 2.05) is 55.7 Å². The van der Waals surface area contributed by atoms with Gasteiger partial charge in [-0.25, -0.2) is 18.6 Å². The van der Waals surface area contributed by atoms with Gasteiger partial charge in [0.15, 0.2) is 14.9 Å². The van der Waals surface area contributed by atoms with Crippen molar-refractivity contribution >= 4 is 26.3 Å². The number of hydrogen-bond donors (Lipinski definition) is 2. The van der Waals surface area contributed by atoms with Crippen LogP contribution in [0, 0.1) is 22.5 Å². The highest BCUT2D eigenvalue weighted by atomic mass is 28.4. The zero-order chi connectivity index (χ0) is 40.0. The molecule has 0 saturated heterocycles. The second-order valence-electron chi connectivity index (χ2n) is 17.3. The van der Waals surface area contributed by atoms with E-state index in [0.717, 1.165) is 23.8 Å². The molecule has 10 nitrogen and oxygen atoms in total. The number of alkyl carbamates (subject to hydrolysis) is 1. The van der Waals surface area contributed by atoms with E-state index in [-0.39, 0.29) is 36.0 Å². The van der Waals surface area contributed by atoms with Gasteiger partial charge in [0.05, 0.1) is 5.69 Å². The summed E-state index contributed by atoms with van der Waals surface area (Å²) >= 11 is 0. The number of nitrogens with zero attached hydrogens (tertiary/aromatic N) is 2. The van der Waals surface area contributed by atoms with Crippen molar-refractivity contribution in [3.05, 3.63) is 77.8 Å². The Bertz CT molecular complexity index is 1730. The molecule has 1 heterocycles. The predicted molar refractivity (Wildman–Crippen MR) is 205 cm³/mol. The standard InChI is InChI=1S/C40H58F2N4O6Si/c1-27(47)50-23-33(48)43-24-40(25-44-36(49)52-38(5,6)7,26-51-53(11,12)39(8,9)10)34(37(2,3)4)35-45-32(30-20-29(41)18-19-31(30)42)22-46(35)21-28-16-14-13-15-17-28/h13-20,22,34H,21,23-26H2,1-12H3,(H,43,48)(H,44,49). The van der Waals surface area contributed by atoms with Crippen LogP contribution in [0.25, 0.3) is 11.3 Å². The molecule has 0 aliphatic heterocycles. The fourth-order valence-corrected chi connectivity index (χ4v) is 7.10. The zero-order valence-corrected chi connectivity index (χ0v) is 34.4. The van der Waals surface area contributed by atoms with E-state index in [2.05, 4.69) is 44.5 Å². The number of imidazole rings is 1. The molecule has 2 amide bonds. The Labute approximate surface area is 314 Å². The largest absolute Gasteiger partial charge is 0.456 e. The maximum atomic E-state index is 15.4. The van der Waals surface area contributed by atoms with Gasteiger partial charge in [-0.1, -0.05) is 71.9 Å². The van der Waals surface area contributed by atoms with Gasteiger partial charge in [0.1, 0.15) is 23.1 Å². The number of esters is 1. The van der Waals surface area contributed by atoms with Gasteiger partial charge < -0.3 is 29.1 Å². The molecule has 53 heavy (non-hydrogen) atoms. The van der Waals surface area contributed by atoms with Crippen LogP contribution in [0.1, 0.15) is 86.5 Å². The number of carbonyl (C=O) groups excluding carboxylic acids is 3. The van der Waals surface area contributed by atoms with Crippen LogP contribution in [0.2, 0.25) is 18.1 Å². The monoisotopic (exact) mass is 756 g/mol. The van der Waals surface area contributed by atoms with Crippen molar-refractivity contribution < 1.29 is 37.1 Å². The second-order valence-corrected chi connectivity index (χ2v) is 22.2. The van der Waals surface area contributed by atoms with E-state index in [1.165, 1.54) is 6.92 Å². The van der Waals surface area contributed by atoms with E-state index in [1.54, 1.807) is 27.0 Å². The maximum Gasteiger partial charge on any atom is 0.407 e. The molecule has 2 atom stereocenters. The first-order valence-electron chi connectivity index (χ1n) is 17.9. The Morgan fingerprint density at radius 3 is 2.09 bits per heavy atom. The van der Waals surface area contributed by atoms with Crippen molar-refractivity contribution in [2.45, 2.75) is 105 Å². The zero-order valence-electron chi connectivity index (χ0n) is 33.4. The van der Waals surface area contributed by atoms with Crippen molar-refractivity contribution in [1.29, 1.82) is 0 Å². The van der Waals surface area contributed by atoms with Gasteiger partial charge in [0.2, 0.25) is 0 Å². The molecular formula is C40H58F2N4O6Si. The van der Waals surface area contributed by atoms with Crippen LogP contribution in [0.3, 0.4) is 0 Å². The van der Waals surface area contributed by atoms with E-state index >= 15 is 4.39 Å². The number of carbonyl (C=O) groups is 3. The molecule has 2 unspecified atom stereocenters. The molecule has 2 aromatic carbocycles. The highest BCUT2D eigenvalue weighted by molar-refractivity contribution is 6.74. The van der Waals surface area contributed by atoms with Crippen molar-refractivity contribution in [2.75, 3.05) is 26.3 Å². The summed E-state index contributed by atoms with van der Waals surface area (Å²) in [6.45, 7) is 23.0. The Morgan fingerprint density at radius 1 is 0.906 bits per heavy atom. The summed E-state index contributed by atoms with van der Waals surface area (Å²) in [6.07, 6.45) is 1.04. The lowest BCUT2D eigenvalue weighted by atomic mass is 9.63. The highest BCUT2D eigenvalue weighted by Gasteiger charge is 2.51. The van der Waals surface area contributed by atoms with Gasteiger partial charge in [-0.3, -0.25) is 9.59 Å². The Balaban J connectivity index is 2.37. The van der Waals surface area contributed by atoms with E-state index < -0.39 is 66.9 Å². The van der Waals surface area contributed by atoms with Crippen molar-refractivity contribution in [3.8, 4) is 11.3 Å². The van der Waals surface area contributed by atoms with Gasteiger partial charge in [0.25, 0.3) is 5.91 Å². The first-order chi connectivity index (χ1) is 24.3. The molecule has 1 aromatic heterocycles. The number of hydrogen-bond acceptors (Lipinski definition) is 7. The van der Waals surface area contributed by atoms with Crippen LogP contribution in [-0.2, 0) is 30.0 Å². The summed E-state index contributed by atoms with van der Waals surface area (Å²) in [5, 5.41) is 5.73. The lowest BCUT2D eigenvalue weighted by molar-refractivity contribution is -0.146. The van der Waals surface area contributed by atoms with E-state index in [4.69, 9.17) is 18.9 Å². The van der Waals surface area contributed by atoms with E-state index in [0.29, 0.717) is 12.4 Å². The molecule has 13 heteroatoms. The molecular weight excluding hydrogens is 699 g/mol. The minimum absolute atomic E-state index is 0.00425. The lowest BCUT2D eigenvalue weighted by Gasteiger charge is -2.49. The van der Waals surface area contributed by atoms with Crippen LogP contribution in [0.5, 0.6) is 0 Å². The Morgan fingerprint density at radius 2 is 1.53 bits per heavy atom. The van der Waals surface area contributed by atoms with Crippen LogP contribution in [0.15, 0.2) is 54.7 Å². The van der Waals surface area contributed by atoms with Gasteiger partial charge >= 0.3 is 12.1 Å². The minimum Gasteiger partial charge on any atom is -0.456 e. The van der Waals surface area contributed by atoms with E-state index in [9.17, 15) is 18.8 Å². The van der Waals surface area contributed by atoms with Crippen molar-refractivity contribution in [2.24, 2.45) is 10.8 Å². The normalized spacial score (nSPS) is 14.2. The maximum absolute atomic E-state index is 15.4. The van der Waals surface area contributed by atoms with Gasteiger partial charge in [-0.2, -0.15) is 0 Å². The molecule has 3 rings (SSSR count). The number of halogens is 2. The average Bonchev–Trinajstić information content (AvgIpc) is 3.42. The fourth-order valence-electron chi connectivity index (χ4n) is 6.02. The molecule has 0 aliphatic carbocycles. The molecule has 0 saturated carbocycles. The van der Waals surface area contributed by atoms with Gasteiger partial charge in [-0.05, 0) is 68.1 Å². The van der Waals surface area contributed by atoms with Crippen molar-refractivity contribution in [3.63, 3.8) is 0 Å². The first kappa shape index (κ1) is 43.3. The number of nitrogens with one attached hydrogen (secondary N) is 2. The Kier molecular flexibility index (Phi) is 13.8. The topological polar surface area (TPSA) is 121 Å². The summed E-state index contributed by atoms with van der Waals surface area (Å²) in [5.74, 6) is -2.49. The molecule has 0 fully saturated rings. The molecule has 2 N–H and O–H groups in total. The summed E-state index contributed by atoms with van der Waals surface area (Å²) in [4.78, 5) is 43.2. The van der Waals surface area contributed by atoms with Crippen molar-refractivity contribution in [1.82, 2.24) is 20.2 Å². The third-order valence-electron chi connectivity index (χ3n) is 9.50.